The molecule has 0 bridgehead atoms. The number of carbonyl (C=O) groups is 1. The van der Waals surface area contributed by atoms with Crippen molar-refractivity contribution in [2.45, 2.75) is 39.7 Å². The van der Waals surface area contributed by atoms with Gasteiger partial charge in [-0.05, 0) is 45.4 Å². The van der Waals surface area contributed by atoms with Crippen LogP contribution in [0.5, 0.6) is 0 Å². The molecule has 1 heterocycles. The summed E-state index contributed by atoms with van der Waals surface area (Å²) >= 11 is 6.02. The van der Waals surface area contributed by atoms with Crippen molar-refractivity contribution in [3.8, 4) is 0 Å². The van der Waals surface area contributed by atoms with Gasteiger partial charge in [-0.15, -0.1) is 11.6 Å². The molecule has 0 aliphatic rings. The van der Waals surface area contributed by atoms with E-state index in [1.54, 1.807) is 11.8 Å². The fraction of sp³-hybridized carbons (Fsp3) is 0.375. The Balaban J connectivity index is 2.40. The van der Waals surface area contributed by atoms with Gasteiger partial charge in [0, 0.05) is 11.4 Å². The van der Waals surface area contributed by atoms with Gasteiger partial charge in [0.1, 0.15) is 12.0 Å². The zero-order chi connectivity index (χ0) is 15.6. The third-order valence-electron chi connectivity index (χ3n) is 3.39. The van der Waals surface area contributed by atoms with Crippen molar-refractivity contribution >= 4 is 23.2 Å². The first kappa shape index (κ1) is 15.6. The summed E-state index contributed by atoms with van der Waals surface area (Å²) in [7, 11) is 0. The fourth-order valence-corrected chi connectivity index (χ4v) is 2.42. The van der Waals surface area contributed by atoms with E-state index in [9.17, 15) is 4.79 Å². The van der Waals surface area contributed by atoms with Gasteiger partial charge in [-0.3, -0.25) is 9.69 Å². The normalized spacial score (nSPS) is 12.2. The summed E-state index contributed by atoms with van der Waals surface area (Å²) in [5.74, 6) is -0.126. The zero-order valence-electron chi connectivity index (χ0n) is 12.8. The minimum absolute atomic E-state index is 0.126. The number of aromatic nitrogens is 2. The quantitative estimate of drug-likeness (QED) is 0.812. The Morgan fingerprint density at radius 2 is 2.00 bits per heavy atom. The highest BCUT2D eigenvalue weighted by Crippen LogP contribution is 2.22. The molecule has 21 heavy (non-hydrogen) atoms. The largest absolute Gasteiger partial charge is 0.291 e. The molecule has 0 spiro atoms. The van der Waals surface area contributed by atoms with Crippen LogP contribution in [-0.2, 0) is 11.5 Å². The second-order valence-corrected chi connectivity index (χ2v) is 5.89. The molecule has 1 amide bonds. The maximum absolute atomic E-state index is 12.5. The summed E-state index contributed by atoms with van der Waals surface area (Å²) in [6.45, 7) is 7.95. The molecule has 1 aromatic heterocycles. The molecule has 1 atom stereocenters. The lowest BCUT2D eigenvalue weighted by Gasteiger charge is -2.26. The van der Waals surface area contributed by atoms with Gasteiger partial charge in [-0.25, -0.2) is 4.68 Å². The molecule has 2 rings (SSSR count). The highest BCUT2D eigenvalue weighted by Gasteiger charge is 2.22. The van der Waals surface area contributed by atoms with Crippen LogP contribution in [0.25, 0.3) is 0 Å². The van der Waals surface area contributed by atoms with E-state index in [2.05, 4.69) is 5.10 Å². The summed E-state index contributed by atoms with van der Waals surface area (Å²) in [4.78, 5) is 14.2. The molecule has 0 saturated heterocycles. The van der Waals surface area contributed by atoms with Crippen LogP contribution >= 0.6 is 11.6 Å². The Bertz CT molecular complexity index is 649. The molecule has 1 aromatic carbocycles. The fourth-order valence-electron chi connectivity index (χ4n) is 2.30. The summed E-state index contributed by atoms with van der Waals surface area (Å²) < 4.78 is 1.82. The summed E-state index contributed by atoms with van der Waals surface area (Å²) in [6.07, 6.45) is 0. The van der Waals surface area contributed by atoms with Crippen molar-refractivity contribution in [3.05, 3.63) is 47.3 Å². The minimum Gasteiger partial charge on any atom is -0.291 e. The van der Waals surface area contributed by atoms with Crippen LogP contribution < -0.4 is 4.90 Å². The number of para-hydroxylation sites is 1. The van der Waals surface area contributed by atoms with E-state index in [1.807, 2.05) is 55.8 Å². The number of carbonyl (C=O) groups excluding carboxylic acids is 1. The smallest absolute Gasteiger partial charge is 0.246 e. The summed E-state index contributed by atoms with van der Waals surface area (Å²) in [6, 6.07) is 9.77. The Kier molecular flexibility index (Phi) is 4.68. The number of amides is 1. The lowest BCUT2D eigenvalue weighted by molar-refractivity contribution is -0.118. The van der Waals surface area contributed by atoms with Crippen molar-refractivity contribution in [3.63, 3.8) is 0 Å². The van der Waals surface area contributed by atoms with Crippen molar-refractivity contribution in [1.29, 1.82) is 0 Å². The van der Waals surface area contributed by atoms with Crippen LogP contribution in [0, 0.1) is 20.8 Å². The SMILES string of the molecule is Cc1cc(C)n(CN(C(=O)C(C)Cl)c2ccccc2C)n1. The number of nitrogens with zero attached hydrogens (tertiary/aromatic N) is 3. The summed E-state index contributed by atoms with van der Waals surface area (Å²) in [5.41, 5.74) is 3.84. The van der Waals surface area contributed by atoms with Crippen LogP contribution in [0.2, 0.25) is 0 Å². The topological polar surface area (TPSA) is 38.1 Å². The number of aryl methyl sites for hydroxylation is 3. The molecule has 0 radical (unpaired) electrons. The Morgan fingerprint density at radius 3 is 2.52 bits per heavy atom. The van der Waals surface area contributed by atoms with Crippen molar-refractivity contribution in [2.24, 2.45) is 0 Å². The molecule has 2 aromatic rings. The highest BCUT2D eigenvalue weighted by molar-refractivity contribution is 6.32. The van der Waals surface area contributed by atoms with Gasteiger partial charge in [-0.2, -0.15) is 5.10 Å². The first-order valence-electron chi connectivity index (χ1n) is 6.92. The van der Waals surface area contributed by atoms with Crippen LogP contribution in [-0.4, -0.2) is 21.1 Å². The van der Waals surface area contributed by atoms with Crippen molar-refractivity contribution in [2.75, 3.05) is 4.90 Å². The average molecular weight is 306 g/mol. The zero-order valence-corrected chi connectivity index (χ0v) is 13.6. The van der Waals surface area contributed by atoms with Crippen molar-refractivity contribution < 1.29 is 4.79 Å². The van der Waals surface area contributed by atoms with Gasteiger partial charge in [0.05, 0.1) is 5.69 Å². The third-order valence-corrected chi connectivity index (χ3v) is 3.58. The standard InChI is InChI=1S/C16H20ClN3O/c1-11-7-5-6-8-15(11)19(16(21)14(4)17)10-20-13(3)9-12(2)18-20/h5-9,14H,10H2,1-4H3. The second-order valence-electron chi connectivity index (χ2n) is 5.24. The first-order valence-corrected chi connectivity index (χ1v) is 7.36. The van der Waals surface area contributed by atoms with Gasteiger partial charge >= 0.3 is 0 Å². The van der Waals surface area contributed by atoms with E-state index in [0.717, 1.165) is 22.6 Å². The molecule has 0 N–H and O–H groups in total. The van der Waals surface area contributed by atoms with Crippen LogP contribution in [0.1, 0.15) is 23.9 Å². The lowest BCUT2D eigenvalue weighted by atomic mass is 10.2. The molecule has 0 aliphatic heterocycles. The maximum atomic E-state index is 12.5. The van der Waals surface area contributed by atoms with E-state index in [4.69, 9.17) is 11.6 Å². The second kappa shape index (κ2) is 6.31. The van der Waals surface area contributed by atoms with E-state index >= 15 is 0 Å². The van der Waals surface area contributed by atoms with Gasteiger partial charge in [-0.1, -0.05) is 18.2 Å². The average Bonchev–Trinajstić information content (AvgIpc) is 2.74. The molecule has 1 unspecified atom stereocenters. The number of alkyl halides is 1. The van der Waals surface area contributed by atoms with Gasteiger partial charge in [0.15, 0.2) is 0 Å². The van der Waals surface area contributed by atoms with Crippen LogP contribution in [0.15, 0.2) is 30.3 Å². The number of halogens is 1. The molecular formula is C16H20ClN3O. The van der Waals surface area contributed by atoms with E-state index in [0.29, 0.717) is 6.67 Å². The molecule has 0 saturated carbocycles. The van der Waals surface area contributed by atoms with E-state index in [1.165, 1.54) is 0 Å². The maximum Gasteiger partial charge on any atom is 0.246 e. The number of anilines is 1. The van der Waals surface area contributed by atoms with Crippen LogP contribution in [0.4, 0.5) is 5.69 Å². The molecule has 5 heteroatoms. The Morgan fingerprint density at radius 1 is 1.33 bits per heavy atom. The number of benzene rings is 1. The van der Waals surface area contributed by atoms with Crippen molar-refractivity contribution in [1.82, 2.24) is 9.78 Å². The third kappa shape index (κ3) is 3.45. The number of hydrogen-bond acceptors (Lipinski definition) is 2. The molecular weight excluding hydrogens is 286 g/mol. The molecule has 0 aliphatic carbocycles. The first-order chi connectivity index (χ1) is 9.90. The lowest BCUT2D eigenvalue weighted by Crippen LogP contribution is -2.38. The van der Waals surface area contributed by atoms with Gasteiger partial charge < -0.3 is 0 Å². The molecule has 112 valence electrons. The van der Waals surface area contributed by atoms with Gasteiger partial charge in [0.2, 0.25) is 5.91 Å². The Hall–Kier alpha value is -1.81. The highest BCUT2D eigenvalue weighted by atomic mass is 35.5. The Labute approximate surface area is 130 Å². The number of rotatable bonds is 4. The van der Waals surface area contributed by atoms with Crippen LogP contribution in [0.3, 0.4) is 0 Å². The van der Waals surface area contributed by atoms with E-state index < -0.39 is 5.38 Å². The summed E-state index contributed by atoms with van der Waals surface area (Å²) in [5, 5.41) is 3.84. The van der Waals surface area contributed by atoms with E-state index in [-0.39, 0.29) is 5.91 Å². The predicted molar refractivity (Wildman–Crippen MR) is 85.7 cm³/mol. The molecule has 0 fully saturated rings. The predicted octanol–water partition coefficient (Wildman–Crippen LogP) is 3.43. The molecule has 4 nitrogen and oxygen atoms in total. The van der Waals surface area contributed by atoms with Gasteiger partial charge in [0.25, 0.3) is 0 Å². The number of hydrogen-bond donors (Lipinski definition) is 0. The minimum atomic E-state index is -0.582. The monoisotopic (exact) mass is 305 g/mol.